The second kappa shape index (κ2) is 7.84. The zero-order valence-electron chi connectivity index (χ0n) is 14.9. The topological polar surface area (TPSA) is 83.1 Å². The van der Waals surface area contributed by atoms with E-state index in [4.69, 9.17) is 11.6 Å². The average molecular weight is 441 g/mol. The summed E-state index contributed by atoms with van der Waals surface area (Å²) in [5.41, 5.74) is 8.91. The van der Waals surface area contributed by atoms with Crippen molar-refractivity contribution in [2.75, 3.05) is 16.1 Å². The van der Waals surface area contributed by atoms with E-state index in [9.17, 15) is 17.6 Å². The SMILES string of the molecule is Fc1cnc(Nc2ccc3c(c2)CNN3)nc1Nc1ccc(OC(F)(F)F)c(Cl)c1. The van der Waals surface area contributed by atoms with Crippen LogP contribution in [0.15, 0.2) is 42.6 Å². The van der Waals surface area contributed by atoms with Crippen molar-refractivity contribution in [1.29, 1.82) is 0 Å². The summed E-state index contributed by atoms with van der Waals surface area (Å²) in [7, 11) is 0. The molecule has 0 spiro atoms. The van der Waals surface area contributed by atoms with Gasteiger partial charge in [-0.25, -0.2) is 14.8 Å². The van der Waals surface area contributed by atoms with Gasteiger partial charge in [0.2, 0.25) is 5.95 Å². The van der Waals surface area contributed by atoms with Gasteiger partial charge in [0.15, 0.2) is 11.6 Å². The van der Waals surface area contributed by atoms with E-state index in [1.807, 2.05) is 12.1 Å². The third kappa shape index (κ3) is 4.63. The molecule has 30 heavy (non-hydrogen) atoms. The highest BCUT2D eigenvalue weighted by Crippen LogP contribution is 2.33. The number of hydrazine groups is 1. The van der Waals surface area contributed by atoms with Crippen LogP contribution in [-0.4, -0.2) is 16.3 Å². The van der Waals surface area contributed by atoms with E-state index in [0.29, 0.717) is 12.2 Å². The van der Waals surface area contributed by atoms with E-state index in [1.54, 1.807) is 6.07 Å². The molecule has 0 saturated carbocycles. The van der Waals surface area contributed by atoms with E-state index >= 15 is 0 Å². The second-order valence-electron chi connectivity index (χ2n) is 6.18. The Morgan fingerprint density at radius 3 is 2.60 bits per heavy atom. The van der Waals surface area contributed by atoms with Crippen molar-refractivity contribution in [3.8, 4) is 5.75 Å². The summed E-state index contributed by atoms with van der Waals surface area (Å²) in [6.45, 7) is 0.650. The smallest absolute Gasteiger partial charge is 0.404 e. The van der Waals surface area contributed by atoms with Crippen LogP contribution in [0, 0.1) is 5.82 Å². The first kappa shape index (κ1) is 20.0. The summed E-state index contributed by atoms with van der Waals surface area (Å²) < 4.78 is 55.0. The molecule has 3 aromatic rings. The summed E-state index contributed by atoms with van der Waals surface area (Å²) in [5.74, 6) is -1.38. The van der Waals surface area contributed by atoms with Crippen molar-refractivity contribution in [3.63, 3.8) is 0 Å². The lowest BCUT2D eigenvalue weighted by atomic mass is 10.2. The highest BCUT2D eigenvalue weighted by molar-refractivity contribution is 6.32. The van der Waals surface area contributed by atoms with Crippen molar-refractivity contribution in [3.05, 3.63) is 59.0 Å². The minimum absolute atomic E-state index is 0.126. The van der Waals surface area contributed by atoms with Gasteiger partial charge < -0.3 is 20.8 Å². The highest BCUT2D eigenvalue weighted by Gasteiger charge is 2.32. The molecule has 0 aliphatic carbocycles. The maximum atomic E-state index is 14.1. The Bertz CT molecular complexity index is 1090. The number of nitrogens with one attached hydrogen (secondary N) is 4. The second-order valence-corrected chi connectivity index (χ2v) is 6.59. The van der Waals surface area contributed by atoms with E-state index < -0.39 is 17.9 Å². The highest BCUT2D eigenvalue weighted by atomic mass is 35.5. The maximum absolute atomic E-state index is 14.1. The van der Waals surface area contributed by atoms with Crippen LogP contribution in [0.5, 0.6) is 5.75 Å². The first-order chi connectivity index (χ1) is 14.3. The van der Waals surface area contributed by atoms with Crippen molar-refractivity contribution in [2.45, 2.75) is 12.9 Å². The number of aromatic nitrogens is 2. The molecule has 0 saturated heterocycles. The Kier molecular flexibility index (Phi) is 5.22. The van der Waals surface area contributed by atoms with E-state index in [2.05, 4.69) is 36.2 Å². The minimum atomic E-state index is -4.87. The molecule has 0 bridgehead atoms. The molecule has 0 radical (unpaired) electrons. The Balaban J connectivity index is 1.52. The third-order valence-corrected chi connectivity index (χ3v) is 4.32. The van der Waals surface area contributed by atoms with Gasteiger partial charge in [0.1, 0.15) is 5.75 Å². The van der Waals surface area contributed by atoms with E-state index in [1.165, 1.54) is 6.07 Å². The quantitative estimate of drug-likeness (QED) is 0.411. The maximum Gasteiger partial charge on any atom is 0.573 e. The zero-order valence-corrected chi connectivity index (χ0v) is 15.7. The third-order valence-electron chi connectivity index (χ3n) is 4.03. The molecule has 4 N–H and O–H groups in total. The number of hydrogen-bond donors (Lipinski definition) is 4. The Hall–Kier alpha value is -3.31. The molecule has 7 nitrogen and oxygen atoms in total. The number of nitrogens with zero attached hydrogens (tertiary/aromatic N) is 2. The molecule has 4 rings (SSSR count). The lowest BCUT2D eigenvalue weighted by Gasteiger charge is -2.13. The molecule has 12 heteroatoms. The Labute approximate surface area is 172 Å². The lowest BCUT2D eigenvalue weighted by Crippen LogP contribution is -2.17. The first-order valence-electron chi connectivity index (χ1n) is 8.50. The standard InChI is InChI=1S/C18H13ClF4N6O/c19-12-6-11(2-4-15(12)30-18(21,22)23)26-16-13(20)8-24-17(28-16)27-10-1-3-14-9(5-10)7-25-29-14/h1-6,8,25,29H,7H2,(H2,24,26,27,28). The average Bonchev–Trinajstić information content (AvgIpc) is 3.13. The Morgan fingerprint density at radius 1 is 1.07 bits per heavy atom. The molecule has 0 amide bonds. The van der Waals surface area contributed by atoms with E-state index in [-0.39, 0.29) is 22.5 Å². The fourth-order valence-electron chi connectivity index (χ4n) is 2.74. The van der Waals surface area contributed by atoms with Crippen molar-refractivity contribution in [2.24, 2.45) is 0 Å². The molecule has 2 heterocycles. The van der Waals surface area contributed by atoms with Crippen LogP contribution in [0.4, 0.5) is 46.4 Å². The van der Waals surface area contributed by atoms with Crippen molar-refractivity contribution in [1.82, 2.24) is 15.4 Å². The van der Waals surface area contributed by atoms with Gasteiger partial charge in [0, 0.05) is 17.9 Å². The molecule has 0 fully saturated rings. The van der Waals surface area contributed by atoms with Crippen LogP contribution < -0.4 is 26.2 Å². The van der Waals surface area contributed by atoms with Crippen LogP contribution in [0.1, 0.15) is 5.56 Å². The number of rotatable bonds is 5. The predicted octanol–water partition coefficient (Wildman–Crippen LogP) is 5.09. The summed E-state index contributed by atoms with van der Waals surface area (Å²) in [5, 5.41) is 5.34. The number of ether oxygens (including phenoxy) is 1. The summed E-state index contributed by atoms with van der Waals surface area (Å²) >= 11 is 5.81. The number of benzene rings is 2. The normalized spacial score (nSPS) is 12.8. The molecule has 0 atom stereocenters. The summed E-state index contributed by atoms with van der Waals surface area (Å²) in [6, 6.07) is 8.99. The molecule has 1 aromatic heterocycles. The van der Waals surface area contributed by atoms with Gasteiger partial charge in [0.25, 0.3) is 0 Å². The van der Waals surface area contributed by atoms with Crippen molar-refractivity contribution < 1.29 is 22.3 Å². The first-order valence-corrected chi connectivity index (χ1v) is 8.88. The van der Waals surface area contributed by atoms with Gasteiger partial charge >= 0.3 is 6.36 Å². The number of halogens is 5. The molecular formula is C18H13ClF4N6O. The van der Waals surface area contributed by atoms with Crippen LogP contribution in [-0.2, 0) is 6.54 Å². The van der Waals surface area contributed by atoms with Crippen LogP contribution in [0.25, 0.3) is 0 Å². The summed E-state index contributed by atoms with van der Waals surface area (Å²) in [6.07, 6.45) is -3.90. The molecule has 0 unspecified atom stereocenters. The van der Waals surface area contributed by atoms with Crippen molar-refractivity contribution >= 4 is 40.4 Å². The van der Waals surface area contributed by atoms with Gasteiger partial charge in [-0.1, -0.05) is 11.6 Å². The van der Waals surface area contributed by atoms with Crippen LogP contribution >= 0.6 is 11.6 Å². The van der Waals surface area contributed by atoms with Gasteiger partial charge in [0.05, 0.1) is 16.9 Å². The number of hydrogen-bond acceptors (Lipinski definition) is 7. The lowest BCUT2D eigenvalue weighted by molar-refractivity contribution is -0.274. The molecule has 1 aliphatic rings. The molecule has 156 valence electrons. The molecule has 2 aromatic carbocycles. The number of anilines is 5. The predicted molar refractivity (Wildman–Crippen MR) is 104 cm³/mol. The van der Waals surface area contributed by atoms with Crippen LogP contribution in [0.2, 0.25) is 5.02 Å². The van der Waals surface area contributed by atoms with Gasteiger partial charge in [-0.15, -0.1) is 13.2 Å². The van der Waals surface area contributed by atoms with Gasteiger partial charge in [-0.3, -0.25) is 0 Å². The van der Waals surface area contributed by atoms with Gasteiger partial charge in [-0.05, 0) is 42.0 Å². The minimum Gasteiger partial charge on any atom is -0.404 e. The largest absolute Gasteiger partial charge is 0.573 e. The van der Waals surface area contributed by atoms with Gasteiger partial charge in [-0.2, -0.15) is 4.98 Å². The number of alkyl halides is 3. The Morgan fingerprint density at radius 2 is 1.83 bits per heavy atom. The monoisotopic (exact) mass is 440 g/mol. The molecule has 1 aliphatic heterocycles. The fraction of sp³-hybridized carbons (Fsp3) is 0.111. The summed E-state index contributed by atoms with van der Waals surface area (Å²) in [4.78, 5) is 7.98. The van der Waals surface area contributed by atoms with E-state index in [0.717, 1.165) is 29.6 Å². The fourth-order valence-corrected chi connectivity index (χ4v) is 2.96. The van der Waals surface area contributed by atoms with Crippen LogP contribution in [0.3, 0.4) is 0 Å². The molecular weight excluding hydrogens is 428 g/mol. The zero-order chi connectivity index (χ0) is 21.3. The number of fused-ring (bicyclic) bond motifs is 1.